The topological polar surface area (TPSA) is 86.0 Å². The molecule has 0 radical (unpaired) electrons. The van der Waals surface area contributed by atoms with Gasteiger partial charge in [-0.05, 0) is 43.1 Å². The Morgan fingerprint density at radius 3 is 2.46 bits per heavy atom. The Bertz CT molecular complexity index is 952. The largest absolute Gasteiger partial charge is 0.481 e. The van der Waals surface area contributed by atoms with Gasteiger partial charge >= 0.3 is 5.97 Å². The molecule has 2 atom stereocenters. The summed E-state index contributed by atoms with van der Waals surface area (Å²) in [6.45, 7) is 0. The zero-order valence-corrected chi connectivity index (χ0v) is 15.8. The molecule has 2 bridgehead atoms. The summed E-state index contributed by atoms with van der Waals surface area (Å²) in [7, 11) is 0. The lowest BCUT2D eigenvalue weighted by atomic mass is 9.61. The van der Waals surface area contributed by atoms with E-state index in [-0.39, 0.29) is 33.9 Å². The number of fused-ring (bicyclic) bond motifs is 3. The highest BCUT2D eigenvalue weighted by Crippen LogP contribution is 2.47. The van der Waals surface area contributed by atoms with Gasteiger partial charge in [-0.1, -0.05) is 41.9 Å². The molecule has 28 heavy (non-hydrogen) atoms. The van der Waals surface area contributed by atoms with Gasteiger partial charge in [0.05, 0.1) is 5.92 Å². The first-order chi connectivity index (χ1) is 13.5. The number of aliphatic carboxylic acids is 1. The van der Waals surface area contributed by atoms with Crippen LogP contribution in [-0.4, -0.2) is 22.1 Å². The minimum atomic E-state index is -0.865. The Kier molecular flexibility index (Phi) is 4.94. The maximum atomic E-state index is 15.4. The fourth-order valence-corrected chi connectivity index (χ4v) is 5.00. The number of carboxylic acids is 1. The highest BCUT2D eigenvalue weighted by molar-refractivity contribution is 6.31. The van der Waals surface area contributed by atoms with Gasteiger partial charge in [-0.15, -0.1) is 0 Å². The summed E-state index contributed by atoms with van der Waals surface area (Å²) < 4.78 is 15.4. The molecule has 0 amide bonds. The van der Waals surface area contributed by atoms with Crippen molar-refractivity contribution in [1.82, 2.24) is 4.98 Å². The summed E-state index contributed by atoms with van der Waals surface area (Å²) in [5.41, 5.74) is 0.568. The molecule has 2 N–H and O–H groups in total. The quantitative estimate of drug-likeness (QED) is 0.727. The van der Waals surface area contributed by atoms with Crippen LogP contribution in [-0.2, 0) is 4.79 Å². The van der Waals surface area contributed by atoms with E-state index in [1.807, 2.05) is 6.07 Å². The van der Waals surface area contributed by atoms with E-state index < -0.39 is 23.7 Å². The number of nitrogens with one attached hydrogen (secondary N) is 1. The number of carbonyl (C=O) groups is 1. The minimum Gasteiger partial charge on any atom is -0.481 e. The molecule has 5 nitrogen and oxygen atoms in total. The molecule has 144 valence electrons. The molecule has 1 aromatic heterocycles. The minimum absolute atomic E-state index is 0.0316. The van der Waals surface area contributed by atoms with Gasteiger partial charge in [0.25, 0.3) is 0 Å². The maximum absolute atomic E-state index is 15.4. The van der Waals surface area contributed by atoms with E-state index >= 15 is 4.39 Å². The maximum Gasteiger partial charge on any atom is 0.308 e. The van der Waals surface area contributed by atoms with Crippen molar-refractivity contribution < 1.29 is 14.3 Å². The molecule has 0 spiro atoms. The van der Waals surface area contributed by atoms with Crippen LogP contribution in [0.2, 0.25) is 5.15 Å². The van der Waals surface area contributed by atoms with Crippen LogP contribution in [0.25, 0.3) is 11.1 Å². The van der Waals surface area contributed by atoms with E-state index in [2.05, 4.69) is 10.3 Å². The number of hydrogen-bond donors (Lipinski definition) is 2. The van der Waals surface area contributed by atoms with E-state index in [1.165, 1.54) is 0 Å². The Hall–Kier alpha value is -2.65. The van der Waals surface area contributed by atoms with Crippen molar-refractivity contribution in [2.24, 2.45) is 17.8 Å². The number of hydrogen-bond acceptors (Lipinski definition) is 4. The third-order valence-electron chi connectivity index (χ3n) is 6.08. The fourth-order valence-electron chi connectivity index (χ4n) is 4.78. The summed E-state index contributed by atoms with van der Waals surface area (Å²) in [4.78, 5) is 15.9. The van der Waals surface area contributed by atoms with Gasteiger partial charge in [0.2, 0.25) is 0 Å². The molecule has 1 aromatic carbocycles. The lowest BCUT2D eigenvalue weighted by Crippen LogP contribution is -2.51. The van der Waals surface area contributed by atoms with Gasteiger partial charge in [-0.2, -0.15) is 5.26 Å². The lowest BCUT2D eigenvalue weighted by Gasteiger charge is -2.47. The second-order valence-electron chi connectivity index (χ2n) is 7.50. The van der Waals surface area contributed by atoms with Gasteiger partial charge in [-0.25, -0.2) is 9.37 Å². The number of rotatable bonds is 4. The second kappa shape index (κ2) is 7.40. The van der Waals surface area contributed by atoms with Crippen LogP contribution in [0.4, 0.5) is 10.2 Å². The normalized spacial score (nSPS) is 25.9. The Balaban J connectivity index is 1.78. The average molecular weight is 400 g/mol. The van der Waals surface area contributed by atoms with Gasteiger partial charge in [0, 0.05) is 11.6 Å². The van der Waals surface area contributed by atoms with Crippen LogP contribution < -0.4 is 5.32 Å². The van der Waals surface area contributed by atoms with Crippen molar-refractivity contribution in [3.05, 3.63) is 46.9 Å². The Labute approximate surface area is 167 Å². The number of pyridine rings is 1. The standard InChI is InChI=1S/C21H19ClFN3O2/c22-19-14(10-24)15(11-4-2-1-3-5-11)17(23)20(26-19)25-18-13-8-6-12(7-9-13)16(18)21(27)28/h1-5,12-13,16,18H,6-9H2,(H,25,26)(H,27,28). The number of halogens is 2. The number of nitriles is 1. The SMILES string of the molecule is N#Cc1c(Cl)nc(NC2C3CCC(CC3)C2C(=O)O)c(F)c1-c1ccccc1. The summed E-state index contributed by atoms with van der Waals surface area (Å²) >= 11 is 6.20. The monoisotopic (exact) mass is 399 g/mol. The van der Waals surface area contributed by atoms with Crippen LogP contribution >= 0.6 is 11.6 Å². The molecule has 3 fully saturated rings. The van der Waals surface area contributed by atoms with Crippen LogP contribution in [0.5, 0.6) is 0 Å². The van der Waals surface area contributed by atoms with Crippen molar-refractivity contribution in [2.75, 3.05) is 5.32 Å². The van der Waals surface area contributed by atoms with Gasteiger partial charge < -0.3 is 10.4 Å². The van der Waals surface area contributed by atoms with Crippen LogP contribution in [0.3, 0.4) is 0 Å². The number of benzene rings is 1. The molecule has 3 aliphatic carbocycles. The smallest absolute Gasteiger partial charge is 0.308 e. The van der Waals surface area contributed by atoms with E-state index in [0.717, 1.165) is 25.7 Å². The molecule has 3 aliphatic rings. The summed E-state index contributed by atoms with van der Waals surface area (Å²) in [6, 6.07) is 10.2. The molecule has 2 unspecified atom stereocenters. The molecule has 1 heterocycles. The van der Waals surface area contributed by atoms with Crippen molar-refractivity contribution in [3.8, 4) is 17.2 Å². The molecule has 2 aromatic rings. The van der Waals surface area contributed by atoms with E-state index in [0.29, 0.717) is 5.56 Å². The molecule has 0 saturated heterocycles. The second-order valence-corrected chi connectivity index (χ2v) is 7.86. The van der Waals surface area contributed by atoms with E-state index in [9.17, 15) is 15.2 Å². The van der Waals surface area contributed by atoms with Crippen molar-refractivity contribution in [2.45, 2.75) is 31.7 Å². The first-order valence-electron chi connectivity index (χ1n) is 9.35. The predicted octanol–water partition coefficient (Wildman–Crippen LogP) is 4.71. The van der Waals surface area contributed by atoms with Gasteiger partial charge in [0.15, 0.2) is 11.6 Å². The molecule has 7 heteroatoms. The number of anilines is 1. The average Bonchev–Trinajstić information content (AvgIpc) is 2.71. The van der Waals surface area contributed by atoms with Gasteiger partial charge in [0.1, 0.15) is 16.8 Å². The first-order valence-corrected chi connectivity index (χ1v) is 9.73. The number of aromatic nitrogens is 1. The molecule has 3 saturated carbocycles. The highest BCUT2D eigenvalue weighted by atomic mass is 35.5. The lowest BCUT2D eigenvalue weighted by molar-refractivity contribution is -0.148. The number of nitrogens with zero attached hydrogens (tertiary/aromatic N) is 2. The predicted molar refractivity (Wildman–Crippen MR) is 103 cm³/mol. The summed E-state index contributed by atoms with van der Waals surface area (Å²) in [5.74, 6) is -1.98. The molecular formula is C21H19ClFN3O2. The van der Waals surface area contributed by atoms with Crippen LogP contribution in [0, 0.1) is 34.9 Å². The zero-order chi connectivity index (χ0) is 19.8. The summed E-state index contributed by atoms with van der Waals surface area (Å²) in [6.07, 6.45) is 3.62. The zero-order valence-electron chi connectivity index (χ0n) is 15.0. The highest BCUT2D eigenvalue weighted by Gasteiger charge is 2.47. The fraction of sp³-hybridized carbons (Fsp3) is 0.381. The Morgan fingerprint density at radius 2 is 1.86 bits per heavy atom. The molecular weight excluding hydrogens is 381 g/mol. The van der Waals surface area contributed by atoms with E-state index in [1.54, 1.807) is 30.3 Å². The van der Waals surface area contributed by atoms with Crippen LogP contribution in [0.1, 0.15) is 31.2 Å². The number of carboxylic acid groups (broad SMARTS) is 1. The Morgan fingerprint density at radius 1 is 1.21 bits per heavy atom. The van der Waals surface area contributed by atoms with Crippen molar-refractivity contribution >= 4 is 23.4 Å². The molecule has 5 rings (SSSR count). The van der Waals surface area contributed by atoms with Gasteiger partial charge in [-0.3, -0.25) is 4.79 Å². The third kappa shape index (κ3) is 3.10. The van der Waals surface area contributed by atoms with Crippen LogP contribution in [0.15, 0.2) is 30.3 Å². The molecule has 0 aliphatic heterocycles. The first kappa shape index (κ1) is 18.7. The van der Waals surface area contributed by atoms with Crippen molar-refractivity contribution in [3.63, 3.8) is 0 Å². The van der Waals surface area contributed by atoms with Crippen molar-refractivity contribution in [1.29, 1.82) is 5.26 Å². The summed E-state index contributed by atoms with van der Waals surface area (Å²) in [5, 5.41) is 22.1. The van der Waals surface area contributed by atoms with E-state index in [4.69, 9.17) is 11.6 Å². The third-order valence-corrected chi connectivity index (χ3v) is 6.35.